The van der Waals surface area contributed by atoms with Crippen molar-refractivity contribution in [3.63, 3.8) is 0 Å². The van der Waals surface area contributed by atoms with E-state index in [0.717, 1.165) is 17.7 Å². The summed E-state index contributed by atoms with van der Waals surface area (Å²) >= 11 is 0. The summed E-state index contributed by atoms with van der Waals surface area (Å²) in [4.78, 5) is 65.4. The fourth-order valence-corrected chi connectivity index (χ4v) is 11.7. The monoisotopic (exact) mass is 1110 g/mol. The predicted molar refractivity (Wildman–Crippen MR) is 283 cm³/mol. The number of hydrogen-bond donors (Lipinski definition) is 4. The van der Waals surface area contributed by atoms with Crippen molar-refractivity contribution in [2.45, 2.75) is 178 Å². The van der Waals surface area contributed by atoms with Crippen LogP contribution in [0.3, 0.4) is 0 Å². The Kier molecular flexibility index (Phi) is 22.5. The highest BCUT2D eigenvalue weighted by Crippen LogP contribution is 2.40. The molecule has 0 radical (unpaired) electrons. The molecule has 1 amide bonds. The van der Waals surface area contributed by atoms with E-state index in [9.17, 15) is 48.4 Å². The highest BCUT2D eigenvalue weighted by atomic mass is 19.1. The van der Waals surface area contributed by atoms with Crippen molar-refractivity contribution in [2.24, 2.45) is 29.6 Å². The van der Waals surface area contributed by atoms with Crippen LogP contribution in [-0.4, -0.2) is 161 Å². The van der Waals surface area contributed by atoms with E-state index in [4.69, 9.17) is 23.7 Å². The number of piperidine rings is 1. The predicted octanol–water partition coefficient (Wildman–Crippen LogP) is 5.37. The minimum absolute atomic E-state index is 0.00988. The molecule has 79 heavy (non-hydrogen) atoms. The van der Waals surface area contributed by atoms with Crippen molar-refractivity contribution in [1.82, 2.24) is 34.4 Å². The summed E-state index contributed by atoms with van der Waals surface area (Å²) < 4.78 is 59.7. The van der Waals surface area contributed by atoms with E-state index >= 15 is 0 Å². The van der Waals surface area contributed by atoms with Crippen LogP contribution in [0.2, 0.25) is 0 Å². The number of ether oxygens (including phenoxy) is 5. The Hall–Kier alpha value is -5.46. The summed E-state index contributed by atoms with van der Waals surface area (Å²) in [5, 5.41) is 52.9. The van der Waals surface area contributed by atoms with Crippen LogP contribution in [-0.2, 0) is 61.6 Å². The Labute approximate surface area is 461 Å². The number of aliphatic hydroxyl groups excluding tert-OH is 2. The van der Waals surface area contributed by atoms with Gasteiger partial charge in [0.15, 0.2) is 0 Å². The second-order valence-corrected chi connectivity index (χ2v) is 22.1. The second-order valence-electron chi connectivity index (χ2n) is 22.1. The third-order valence-corrected chi connectivity index (χ3v) is 16.1. The number of hydrogen-bond acceptors (Lipinski definition) is 17. The van der Waals surface area contributed by atoms with Gasteiger partial charge in [0, 0.05) is 63.7 Å². The Bertz CT molecular complexity index is 2530. The van der Waals surface area contributed by atoms with E-state index in [1.165, 1.54) is 59.9 Å². The minimum atomic E-state index is -2.51. The molecular weight excluding hydrogens is 1030 g/mol. The molecule has 436 valence electrons. The number of esters is 1. The third-order valence-electron chi connectivity index (χ3n) is 16.1. The fraction of sp³-hybridized carbons (Fsp3) is 0.649. The number of amides is 1. The number of allylic oxidation sites excluding steroid dienone is 4. The Morgan fingerprint density at radius 2 is 1.53 bits per heavy atom. The van der Waals surface area contributed by atoms with Crippen molar-refractivity contribution in [2.75, 3.05) is 27.9 Å². The molecule has 5 heterocycles. The third kappa shape index (κ3) is 15.7. The molecule has 7 rings (SSSR count). The number of carbonyl (C=O) groups excluding carboxylic acids is 4. The number of aliphatic hydroxyl groups is 4. The average Bonchev–Trinajstić information content (AvgIpc) is 4.16. The number of halogens is 2. The first-order valence-corrected chi connectivity index (χ1v) is 27.3. The maximum absolute atomic E-state index is 14.3. The van der Waals surface area contributed by atoms with Gasteiger partial charge in [0.1, 0.15) is 66.6 Å². The standard InChI is InChI=1S/C44H69NO12.C13H12F2N6O/c1-10-13-31-19-25(2)18-26(3)20-37(54-8)40-38(55-9)22-28(5)44(52,57-40)41(49)42(50)45-17-12-11-14-32(45)43(51)56-39(29(6)34(47)24-35(31)48)27(4)21-30-15-16-33(46)36(23-30)53-7;14-10-1-2-11(12(15)3-10)13(22,4-20-8-16-6-18-20)5-21-9-17-7-19-21/h10,19,21,26,28-34,36-40,46-47,52H,1,11-18,20,22-24H2,2-9H3;1-3,6-9,22H,4-5H2/b25-19+,27-21+;/t26-,28+,29+,30-,31+,32-,33+,34-,36+,37-,38-,39+,40+,44+;/m0./s1. The molecular formula is C57H81F2N7O13. The number of cyclic esters (lactones) is 1. The maximum atomic E-state index is 14.3. The van der Waals surface area contributed by atoms with Crippen LogP contribution in [0.15, 0.2) is 79.5 Å². The van der Waals surface area contributed by atoms with Gasteiger partial charge in [-0.2, -0.15) is 10.2 Å². The zero-order valence-electron chi connectivity index (χ0n) is 46.7. The first-order valence-electron chi connectivity index (χ1n) is 27.3. The van der Waals surface area contributed by atoms with Crippen molar-refractivity contribution in [3.8, 4) is 0 Å². The Morgan fingerprint density at radius 3 is 2.13 bits per heavy atom. The molecule has 1 aromatic carbocycles. The lowest BCUT2D eigenvalue weighted by Gasteiger charge is -2.47. The number of aromatic nitrogens is 6. The molecule has 4 N–H and O–H groups in total. The molecule has 20 nitrogen and oxygen atoms in total. The lowest BCUT2D eigenvalue weighted by molar-refractivity contribution is -0.302. The molecule has 3 aliphatic heterocycles. The first kappa shape index (κ1) is 62.7. The molecule has 1 aliphatic carbocycles. The number of rotatable bonds is 12. The summed E-state index contributed by atoms with van der Waals surface area (Å²) in [5.41, 5.74) is -0.141. The van der Waals surface area contributed by atoms with Crippen molar-refractivity contribution >= 4 is 23.4 Å². The molecule has 14 atom stereocenters. The van der Waals surface area contributed by atoms with E-state index in [-0.39, 0.29) is 68.2 Å². The zero-order valence-corrected chi connectivity index (χ0v) is 46.7. The fourth-order valence-electron chi connectivity index (χ4n) is 11.7. The van der Waals surface area contributed by atoms with Crippen LogP contribution in [0, 0.1) is 41.2 Å². The molecule has 0 spiro atoms. The summed E-state index contributed by atoms with van der Waals surface area (Å²) in [6.07, 6.45) is 10.3. The maximum Gasteiger partial charge on any atom is 0.329 e. The zero-order chi connectivity index (χ0) is 57.8. The number of nitrogens with zero attached hydrogens (tertiary/aromatic N) is 7. The smallest absolute Gasteiger partial charge is 0.329 e. The Balaban J connectivity index is 0.000000378. The minimum Gasteiger partial charge on any atom is -0.456 e. The van der Waals surface area contributed by atoms with E-state index in [1.54, 1.807) is 27.0 Å². The summed E-state index contributed by atoms with van der Waals surface area (Å²) in [6.45, 7) is 13.0. The van der Waals surface area contributed by atoms with Crippen LogP contribution in [0.25, 0.3) is 0 Å². The van der Waals surface area contributed by atoms with Crippen LogP contribution in [0.5, 0.6) is 0 Å². The molecule has 22 heteroatoms. The van der Waals surface area contributed by atoms with Crippen LogP contribution < -0.4 is 0 Å². The topological polar surface area (TPSA) is 260 Å². The molecule has 2 aromatic heterocycles. The number of Topliss-reactive ketones (excluding diaryl/α,β-unsaturated/α-hetero) is 2. The van der Waals surface area contributed by atoms with Gasteiger partial charge < -0.3 is 49.0 Å². The molecule has 3 fully saturated rings. The average molecular weight is 1110 g/mol. The second kappa shape index (κ2) is 28.3. The number of fused-ring (bicyclic) bond motifs is 3. The van der Waals surface area contributed by atoms with Crippen molar-refractivity contribution < 1.29 is 72.1 Å². The lowest BCUT2D eigenvalue weighted by Crippen LogP contribution is -2.64. The summed E-state index contributed by atoms with van der Waals surface area (Å²) in [7, 11) is 4.61. The Morgan fingerprint density at radius 1 is 0.886 bits per heavy atom. The molecule has 3 aromatic rings. The molecule has 0 unspecified atom stereocenters. The van der Waals surface area contributed by atoms with Gasteiger partial charge in [-0.1, -0.05) is 50.6 Å². The lowest BCUT2D eigenvalue weighted by atomic mass is 9.81. The van der Waals surface area contributed by atoms with E-state index in [1.807, 2.05) is 32.9 Å². The molecule has 2 saturated heterocycles. The van der Waals surface area contributed by atoms with Gasteiger partial charge in [0.2, 0.25) is 5.79 Å². The molecule has 2 bridgehead atoms. The van der Waals surface area contributed by atoms with Gasteiger partial charge in [0.05, 0.1) is 43.6 Å². The van der Waals surface area contributed by atoms with Crippen LogP contribution in [0.1, 0.15) is 111 Å². The molecule has 4 aliphatic rings. The summed E-state index contributed by atoms with van der Waals surface area (Å²) in [6, 6.07) is 1.88. The van der Waals surface area contributed by atoms with Gasteiger partial charge in [-0.25, -0.2) is 32.9 Å². The number of ketones is 2. The highest BCUT2D eigenvalue weighted by molar-refractivity contribution is 6.39. The van der Waals surface area contributed by atoms with E-state index in [0.29, 0.717) is 56.9 Å². The van der Waals surface area contributed by atoms with Crippen molar-refractivity contribution in [3.05, 3.63) is 96.7 Å². The van der Waals surface area contributed by atoms with E-state index in [2.05, 4.69) is 26.7 Å². The van der Waals surface area contributed by atoms with Crippen LogP contribution in [0.4, 0.5) is 8.78 Å². The van der Waals surface area contributed by atoms with Gasteiger partial charge in [-0.15, -0.1) is 6.58 Å². The molecule has 1 saturated carbocycles. The summed E-state index contributed by atoms with van der Waals surface area (Å²) in [5.74, 6) is -9.32. The van der Waals surface area contributed by atoms with E-state index < -0.39 is 101 Å². The normalized spacial score (nSPS) is 32.8. The van der Waals surface area contributed by atoms with Gasteiger partial charge in [-0.3, -0.25) is 14.4 Å². The number of methoxy groups -OCH3 is 3. The quantitative estimate of drug-likeness (QED) is 0.101. The van der Waals surface area contributed by atoms with Gasteiger partial charge >= 0.3 is 5.97 Å². The highest BCUT2D eigenvalue weighted by Gasteiger charge is 2.57. The van der Waals surface area contributed by atoms with Gasteiger partial charge in [0.25, 0.3) is 11.7 Å². The number of carbonyl (C=O) groups is 4. The largest absolute Gasteiger partial charge is 0.456 e. The number of benzene rings is 1. The van der Waals surface area contributed by atoms with Gasteiger partial charge in [-0.05, 0) is 102 Å². The van der Waals surface area contributed by atoms with Crippen molar-refractivity contribution in [1.29, 1.82) is 0 Å². The SMILES string of the molecule is C=CC[C@@H]1/C=C(\C)C[C@H](C)C[C@H](OC)[C@H]2O[C@@](O)(C(=O)C(=O)N3CCCC[C@H]3C(=O)O[C@H](/C(C)=C/[C@@H]3CC[C@@H](O)[C@H](OC)C3)[C@H](C)[C@@H](O)CC1=O)[C@H](C)C[C@@H]2OC.OC(Cn1cncn1)(Cn1cncn1)c1ccc(F)cc1F. The van der Waals surface area contributed by atoms with Crippen LogP contribution >= 0.6 is 0 Å². The first-order chi connectivity index (χ1) is 37.5.